The van der Waals surface area contributed by atoms with Crippen LogP contribution in [-0.4, -0.2) is 0 Å². The first-order valence-electron chi connectivity index (χ1n) is 7.20. The third-order valence-electron chi connectivity index (χ3n) is 3.82. The van der Waals surface area contributed by atoms with Crippen LogP contribution >= 0.6 is 0 Å². The maximum absolute atomic E-state index is 9.35. The molecule has 0 unspecified atom stereocenters. The van der Waals surface area contributed by atoms with Gasteiger partial charge >= 0.3 is 0 Å². The van der Waals surface area contributed by atoms with Crippen molar-refractivity contribution >= 4 is 34.1 Å². The molecule has 2 aromatic rings. The highest BCUT2D eigenvalue weighted by molar-refractivity contribution is 5.92. The first-order chi connectivity index (χ1) is 11.7. The lowest BCUT2D eigenvalue weighted by molar-refractivity contribution is 1.40. The van der Waals surface area contributed by atoms with Crippen molar-refractivity contribution in [2.75, 3.05) is 0 Å². The molecule has 0 aromatic heterocycles. The van der Waals surface area contributed by atoms with E-state index in [1.54, 1.807) is 50.3 Å². The summed E-state index contributed by atoms with van der Waals surface area (Å²) in [6, 6.07) is 15.0. The maximum atomic E-state index is 9.35. The second-order valence-corrected chi connectivity index (χ2v) is 4.90. The van der Waals surface area contributed by atoms with Crippen LogP contribution in [0.2, 0.25) is 0 Å². The Bertz CT molecular complexity index is 1120. The minimum absolute atomic E-state index is 0.00409. The largest absolute Gasteiger partial charge is 0.192 e. The van der Waals surface area contributed by atoms with Crippen molar-refractivity contribution in [2.24, 2.45) is 0 Å². The van der Waals surface area contributed by atoms with Crippen molar-refractivity contribution in [3.05, 3.63) is 45.1 Å². The molecule has 0 aliphatic carbocycles. The molecule has 0 aliphatic heterocycles. The normalized spacial score (nSPS) is 11.2. The fraction of sp³-hybridized carbons (Fsp3) is 0.100. The molecule has 0 amide bonds. The van der Waals surface area contributed by atoms with Gasteiger partial charge in [-0.05, 0) is 35.1 Å². The highest BCUT2D eigenvalue weighted by Crippen LogP contribution is 2.05. The topological polar surface area (TPSA) is 95.2 Å². The van der Waals surface area contributed by atoms with E-state index in [-0.39, 0.29) is 11.1 Å². The van der Waals surface area contributed by atoms with Crippen LogP contribution in [0.4, 0.5) is 0 Å². The van der Waals surface area contributed by atoms with Crippen LogP contribution in [0.5, 0.6) is 0 Å². The van der Waals surface area contributed by atoms with E-state index in [2.05, 4.69) is 0 Å². The molecule has 0 spiro atoms. The Morgan fingerprint density at radius 1 is 0.708 bits per heavy atom. The van der Waals surface area contributed by atoms with Gasteiger partial charge in [-0.2, -0.15) is 21.0 Å². The standard InChI is InChI=1S/C20H12N4/c1-3-15-16(4-2)20(14(11-23)12-24)18-8-6-5-7-17(18)19(15)13(9-21)10-22/h3-8H,1-2H3/b15-3+,16-4+. The molecule has 0 atom stereocenters. The molecule has 2 aromatic carbocycles. The third-order valence-corrected chi connectivity index (χ3v) is 3.82. The predicted octanol–water partition coefficient (Wildman–Crippen LogP) is 0.836. The highest BCUT2D eigenvalue weighted by atomic mass is 14.3. The number of hydrogen-bond donors (Lipinski definition) is 0. The first-order valence-corrected chi connectivity index (χ1v) is 7.20. The molecule has 24 heavy (non-hydrogen) atoms. The summed E-state index contributed by atoms with van der Waals surface area (Å²) in [5.74, 6) is 0. The molecule has 4 heteroatoms. The molecule has 0 aliphatic rings. The second kappa shape index (κ2) is 6.93. The van der Waals surface area contributed by atoms with E-state index in [1.165, 1.54) is 0 Å². The van der Waals surface area contributed by atoms with Crippen LogP contribution in [0, 0.1) is 45.3 Å². The van der Waals surface area contributed by atoms with Crippen molar-refractivity contribution in [3.63, 3.8) is 0 Å². The zero-order valence-electron chi connectivity index (χ0n) is 13.3. The van der Waals surface area contributed by atoms with Gasteiger partial charge in [0.1, 0.15) is 35.4 Å². The van der Waals surface area contributed by atoms with Crippen LogP contribution in [-0.2, 0) is 0 Å². The van der Waals surface area contributed by atoms with E-state index in [0.717, 1.165) is 0 Å². The van der Waals surface area contributed by atoms with Crippen LogP contribution in [0.15, 0.2) is 24.3 Å². The van der Waals surface area contributed by atoms with Crippen molar-refractivity contribution in [1.29, 1.82) is 21.0 Å². The third kappa shape index (κ3) is 2.40. The smallest absolute Gasteiger partial charge is 0.138 e. The molecule has 0 bridgehead atoms. The molecule has 0 N–H and O–H groups in total. The molecule has 4 nitrogen and oxygen atoms in total. The Balaban J connectivity index is 3.66. The van der Waals surface area contributed by atoms with E-state index in [1.807, 2.05) is 24.3 Å². The number of benzene rings is 2. The Hall–Kier alpha value is -3.86. The lowest BCUT2D eigenvalue weighted by Gasteiger charge is -2.05. The lowest BCUT2D eigenvalue weighted by Crippen LogP contribution is -2.50. The fourth-order valence-electron chi connectivity index (χ4n) is 2.89. The van der Waals surface area contributed by atoms with E-state index in [4.69, 9.17) is 0 Å². The van der Waals surface area contributed by atoms with Gasteiger partial charge in [-0.1, -0.05) is 36.4 Å². The Kier molecular flexibility index (Phi) is 4.77. The van der Waals surface area contributed by atoms with Gasteiger partial charge in [0.25, 0.3) is 0 Å². The molecular weight excluding hydrogens is 296 g/mol. The molecule has 2 rings (SSSR count). The Morgan fingerprint density at radius 3 is 1.29 bits per heavy atom. The Labute approximate surface area is 139 Å². The SMILES string of the molecule is C/C=c1/c(=C(C#N)C#N)c2ccccc2c(=C(C#N)C#N)/c1=C/C. The molecule has 0 saturated heterocycles. The summed E-state index contributed by atoms with van der Waals surface area (Å²) in [4.78, 5) is 0. The van der Waals surface area contributed by atoms with Crippen LogP contribution < -0.4 is 20.9 Å². The molecule has 0 fully saturated rings. The van der Waals surface area contributed by atoms with E-state index in [0.29, 0.717) is 31.6 Å². The quantitative estimate of drug-likeness (QED) is 0.720. The first kappa shape index (κ1) is 16.5. The Morgan fingerprint density at radius 2 is 1.04 bits per heavy atom. The summed E-state index contributed by atoms with van der Waals surface area (Å²) in [6.45, 7) is 3.60. The number of rotatable bonds is 0. The summed E-state index contributed by atoms with van der Waals surface area (Å²) in [5.41, 5.74) is 0.00818. The highest BCUT2D eigenvalue weighted by Gasteiger charge is 2.09. The van der Waals surface area contributed by atoms with Crippen molar-refractivity contribution in [2.45, 2.75) is 13.8 Å². The van der Waals surface area contributed by atoms with Crippen molar-refractivity contribution in [3.8, 4) is 24.3 Å². The van der Waals surface area contributed by atoms with Gasteiger partial charge in [-0.15, -0.1) is 0 Å². The predicted molar refractivity (Wildman–Crippen MR) is 92.0 cm³/mol. The summed E-state index contributed by atoms with van der Waals surface area (Å²) in [7, 11) is 0. The average Bonchev–Trinajstić information content (AvgIpc) is 2.63. The molecule has 0 heterocycles. The lowest BCUT2D eigenvalue weighted by atomic mass is 9.96. The maximum Gasteiger partial charge on any atom is 0.138 e. The van der Waals surface area contributed by atoms with Crippen molar-refractivity contribution in [1.82, 2.24) is 0 Å². The molecular formula is C20H12N4. The number of fused-ring (bicyclic) bond motifs is 1. The zero-order valence-corrected chi connectivity index (χ0v) is 13.3. The van der Waals surface area contributed by atoms with Gasteiger partial charge in [-0.3, -0.25) is 0 Å². The summed E-state index contributed by atoms with van der Waals surface area (Å²) >= 11 is 0. The number of hydrogen-bond acceptors (Lipinski definition) is 4. The van der Waals surface area contributed by atoms with Crippen LogP contribution in [0.3, 0.4) is 0 Å². The van der Waals surface area contributed by atoms with Gasteiger partial charge in [0.2, 0.25) is 0 Å². The van der Waals surface area contributed by atoms with E-state index >= 15 is 0 Å². The summed E-state index contributed by atoms with van der Waals surface area (Å²) in [6.07, 6.45) is 3.59. The van der Waals surface area contributed by atoms with Crippen LogP contribution in [0.25, 0.3) is 34.1 Å². The fourth-order valence-corrected chi connectivity index (χ4v) is 2.89. The van der Waals surface area contributed by atoms with Crippen molar-refractivity contribution < 1.29 is 0 Å². The van der Waals surface area contributed by atoms with Crippen LogP contribution in [0.1, 0.15) is 13.8 Å². The van der Waals surface area contributed by atoms with Gasteiger partial charge in [-0.25, -0.2) is 0 Å². The number of nitrogens with zero attached hydrogens (tertiary/aromatic N) is 4. The monoisotopic (exact) mass is 308 g/mol. The molecule has 112 valence electrons. The average molecular weight is 308 g/mol. The molecule has 0 saturated carbocycles. The second-order valence-electron chi connectivity index (χ2n) is 4.90. The molecule has 0 radical (unpaired) electrons. The zero-order chi connectivity index (χ0) is 17.7. The van der Waals surface area contributed by atoms with Gasteiger partial charge in [0.05, 0.1) is 0 Å². The van der Waals surface area contributed by atoms with E-state index < -0.39 is 0 Å². The summed E-state index contributed by atoms with van der Waals surface area (Å²) in [5, 5.41) is 41.2. The van der Waals surface area contributed by atoms with Gasteiger partial charge < -0.3 is 0 Å². The van der Waals surface area contributed by atoms with E-state index in [9.17, 15) is 21.0 Å². The van der Waals surface area contributed by atoms with Gasteiger partial charge in [0, 0.05) is 10.4 Å². The number of nitriles is 4. The van der Waals surface area contributed by atoms with Gasteiger partial charge in [0.15, 0.2) is 0 Å². The summed E-state index contributed by atoms with van der Waals surface area (Å²) < 4.78 is 0. The minimum Gasteiger partial charge on any atom is -0.192 e. The minimum atomic E-state index is 0.00409.